The molecular formula is C30H60O2. The minimum atomic E-state index is -0.268. The van der Waals surface area contributed by atoms with Gasteiger partial charge in [-0.05, 0) is 26.2 Å². The Balaban J connectivity index is 4.06. The summed E-state index contributed by atoms with van der Waals surface area (Å²) in [6, 6.07) is 0. The molecule has 0 heterocycles. The zero-order chi connectivity index (χ0) is 23.8. The summed E-state index contributed by atoms with van der Waals surface area (Å²) in [5.41, 5.74) is -0.268. The first-order chi connectivity index (χ1) is 15.6. The van der Waals surface area contributed by atoms with Crippen molar-refractivity contribution >= 4 is 5.97 Å². The Hall–Kier alpha value is -0.530. The number of esters is 1. The van der Waals surface area contributed by atoms with Gasteiger partial charge in [-0.25, -0.2) is 0 Å². The van der Waals surface area contributed by atoms with Crippen molar-refractivity contribution in [1.29, 1.82) is 0 Å². The quantitative estimate of drug-likeness (QED) is 0.102. The average molecular weight is 453 g/mol. The van der Waals surface area contributed by atoms with E-state index in [1.54, 1.807) is 0 Å². The molecule has 1 atom stereocenters. The van der Waals surface area contributed by atoms with Crippen molar-refractivity contribution in [3.05, 3.63) is 0 Å². The number of hydrogen-bond donors (Lipinski definition) is 0. The molecule has 0 N–H and O–H groups in total. The molecule has 0 spiro atoms. The topological polar surface area (TPSA) is 26.3 Å². The van der Waals surface area contributed by atoms with Crippen LogP contribution < -0.4 is 0 Å². The third-order valence-electron chi connectivity index (χ3n) is 7.14. The van der Waals surface area contributed by atoms with E-state index in [9.17, 15) is 4.79 Å². The summed E-state index contributed by atoms with van der Waals surface area (Å²) in [6.45, 7) is 9.59. The Labute approximate surface area is 203 Å². The van der Waals surface area contributed by atoms with Crippen molar-refractivity contribution in [2.45, 2.75) is 175 Å². The summed E-state index contributed by atoms with van der Waals surface area (Å²) >= 11 is 0. The lowest BCUT2D eigenvalue weighted by Crippen LogP contribution is -2.30. The van der Waals surface area contributed by atoms with E-state index >= 15 is 0 Å². The fourth-order valence-electron chi connectivity index (χ4n) is 4.67. The third-order valence-corrected chi connectivity index (χ3v) is 7.14. The van der Waals surface area contributed by atoms with Crippen LogP contribution in [0.2, 0.25) is 0 Å². The number of ether oxygens (including phenoxy) is 1. The highest BCUT2D eigenvalue weighted by molar-refractivity contribution is 5.76. The van der Waals surface area contributed by atoms with Gasteiger partial charge in [-0.3, -0.25) is 4.79 Å². The molecule has 2 nitrogen and oxygen atoms in total. The van der Waals surface area contributed by atoms with Gasteiger partial charge in [-0.2, -0.15) is 0 Å². The molecule has 0 amide bonds. The van der Waals surface area contributed by atoms with Gasteiger partial charge in [-0.15, -0.1) is 0 Å². The second-order valence-electron chi connectivity index (χ2n) is 10.6. The lowest BCUT2D eigenvalue weighted by Gasteiger charge is -2.27. The number of hydrogen-bond acceptors (Lipinski definition) is 2. The maximum Gasteiger partial charge on any atom is 0.311 e. The normalized spacial score (nSPS) is 13.2. The minimum absolute atomic E-state index is 0.0795. The van der Waals surface area contributed by atoms with E-state index in [-0.39, 0.29) is 11.4 Å². The van der Waals surface area contributed by atoms with Gasteiger partial charge in [0.15, 0.2) is 0 Å². The van der Waals surface area contributed by atoms with E-state index in [1.165, 1.54) is 122 Å². The van der Waals surface area contributed by atoms with Crippen molar-refractivity contribution in [3.63, 3.8) is 0 Å². The van der Waals surface area contributed by atoms with Crippen molar-refractivity contribution in [2.75, 3.05) is 6.61 Å². The first kappa shape index (κ1) is 31.5. The van der Waals surface area contributed by atoms with Crippen molar-refractivity contribution in [2.24, 2.45) is 5.41 Å². The van der Waals surface area contributed by atoms with Crippen molar-refractivity contribution in [1.82, 2.24) is 0 Å². The van der Waals surface area contributed by atoms with E-state index in [0.717, 1.165) is 25.7 Å². The van der Waals surface area contributed by atoms with Gasteiger partial charge in [0.2, 0.25) is 0 Å². The van der Waals surface area contributed by atoms with Gasteiger partial charge in [0.25, 0.3) is 0 Å². The summed E-state index contributed by atoms with van der Waals surface area (Å²) < 4.78 is 5.81. The van der Waals surface area contributed by atoms with Crippen LogP contribution in [0.15, 0.2) is 0 Å². The Morgan fingerprint density at radius 3 is 1.22 bits per heavy atom. The van der Waals surface area contributed by atoms with Gasteiger partial charge in [0.1, 0.15) is 0 Å². The number of carbonyl (C=O) groups excluding carboxylic acids is 1. The first-order valence-electron chi connectivity index (χ1n) is 14.8. The SMILES string of the molecule is CCCCCCCCCCCCOC(=O)C(C)(CCCCCC)CCCCCCCCC. The third kappa shape index (κ3) is 19.0. The predicted octanol–water partition coefficient (Wildman–Crippen LogP) is 10.6. The fraction of sp³-hybridized carbons (Fsp3) is 0.967. The van der Waals surface area contributed by atoms with Crippen LogP contribution in [-0.4, -0.2) is 12.6 Å². The van der Waals surface area contributed by atoms with Gasteiger partial charge < -0.3 is 4.74 Å². The number of carbonyl (C=O) groups is 1. The monoisotopic (exact) mass is 452 g/mol. The number of rotatable bonds is 25. The maximum atomic E-state index is 13.0. The molecule has 2 heteroatoms. The van der Waals surface area contributed by atoms with Crippen LogP contribution in [0.5, 0.6) is 0 Å². The average Bonchev–Trinajstić information content (AvgIpc) is 2.79. The molecule has 1 unspecified atom stereocenters. The minimum Gasteiger partial charge on any atom is -0.465 e. The Kier molecular flexibility index (Phi) is 23.2. The molecule has 0 aliphatic carbocycles. The van der Waals surface area contributed by atoms with Crippen LogP contribution in [0.3, 0.4) is 0 Å². The maximum absolute atomic E-state index is 13.0. The molecule has 0 aliphatic rings. The molecule has 0 rings (SSSR count). The molecule has 0 aromatic rings. The Morgan fingerprint density at radius 2 is 0.812 bits per heavy atom. The molecule has 0 saturated carbocycles. The summed E-state index contributed by atoms with van der Waals surface area (Å²) in [4.78, 5) is 13.0. The van der Waals surface area contributed by atoms with Gasteiger partial charge in [0, 0.05) is 0 Å². The van der Waals surface area contributed by atoms with Crippen LogP contribution in [0, 0.1) is 5.41 Å². The summed E-state index contributed by atoms with van der Waals surface area (Å²) in [5.74, 6) is 0.0795. The summed E-state index contributed by atoms with van der Waals surface area (Å²) in [7, 11) is 0. The molecule has 0 aromatic heterocycles. The van der Waals surface area contributed by atoms with Gasteiger partial charge in [0.05, 0.1) is 12.0 Å². The predicted molar refractivity (Wildman–Crippen MR) is 142 cm³/mol. The molecule has 0 aromatic carbocycles. The fourth-order valence-corrected chi connectivity index (χ4v) is 4.67. The second kappa shape index (κ2) is 23.6. The highest BCUT2D eigenvalue weighted by atomic mass is 16.5. The van der Waals surface area contributed by atoms with Crippen molar-refractivity contribution in [3.8, 4) is 0 Å². The molecule has 192 valence electrons. The second-order valence-corrected chi connectivity index (χ2v) is 10.6. The molecular weight excluding hydrogens is 392 g/mol. The summed E-state index contributed by atoms with van der Waals surface area (Å²) in [6.07, 6.45) is 29.2. The van der Waals surface area contributed by atoms with E-state index < -0.39 is 0 Å². The molecule has 0 saturated heterocycles. The molecule has 0 bridgehead atoms. The largest absolute Gasteiger partial charge is 0.465 e. The smallest absolute Gasteiger partial charge is 0.311 e. The molecule has 0 radical (unpaired) electrons. The van der Waals surface area contributed by atoms with Crippen LogP contribution >= 0.6 is 0 Å². The van der Waals surface area contributed by atoms with Gasteiger partial charge in [-0.1, -0.05) is 149 Å². The summed E-state index contributed by atoms with van der Waals surface area (Å²) in [5, 5.41) is 0. The first-order valence-corrected chi connectivity index (χ1v) is 14.8. The Bertz CT molecular complexity index is 392. The standard InChI is InChI=1S/C30H60O2/c1-5-8-11-14-16-17-18-20-22-25-28-32-29(31)30(4,26-23-13-10-7-3)27-24-21-19-15-12-9-6-2/h5-28H2,1-4H3. The van der Waals surface area contributed by atoms with E-state index in [0.29, 0.717) is 6.61 Å². The van der Waals surface area contributed by atoms with E-state index in [4.69, 9.17) is 4.74 Å². The molecule has 0 fully saturated rings. The van der Waals surface area contributed by atoms with Crippen molar-refractivity contribution < 1.29 is 9.53 Å². The lowest BCUT2D eigenvalue weighted by molar-refractivity contribution is -0.156. The Morgan fingerprint density at radius 1 is 0.500 bits per heavy atom. The van der Waals surface area contributed by atoms with E-state index in [2.05, 4.69) is 27.7 Å². The molecule has 0 aliphatic heterocycles. The lowest BCUT2D eigenvalue weighted by atomic mass is 9.79. The zero-order valence-electron chi connectivity index (χ0n) is 22.8. The highest BCUT2D eigenvalue weighted by Crippen LogP contribution is 2.33. The van der Waals surface area contributed by atoms with Crippen LogP contribution in [0.4, 0.5) is 0 Å². The number of unbranched alkanes of at least 4 members (excludes halogenated alkanes) is 18. The van der Waals surface area contributed by atoms with Gasteiger partial charge >= 0.3 is 5.97 Å². The molecule has 32 heavy (non-hydrogen) atoms. The highest BCUT2D eigenvalue weighted by Gasteiger charge is 2.33. The van der Waals surface area contributed by atoms with Crippen LogP contribution in [-0.2, 0) is 9.53 Å². The zero-order valence-corrected chi connectivity index (χ0v) is 22.8. The van der Waals surface area contributed by atoms with E-state index in [1.807, 2.05) is 0 Å². The van der Waals surface area contributed by atoms with Crippen LogP contribution in [0.1, 0.15) is 175 Å². The van der Waals surface area contributed by atoms with Crippen LogP contribution in [0.25, 0.3) is 0 Å².